The molecule has 1 aromatic heterocycles. The Morgan fingerprint density at radius 3 is 1.63 bits per heavy atom. The van der Waals surface area contributed by atoms with Crippen molar-refractivity contribution in [3.8, 4) is 0 Å². The lowest BCUT2D eigenvalue weighted by Crippen LogP contribution is -2.59. The average molecular weight is 633 g/mol. The van der Waals surface area contributed by atoms with Gasteiger partial charge in [-0.25, -0.2) is 4.98 Å². The van der Waals surface area contributed by atoms with Crippen LogP contribution in [0.4, 0.5) is 67.4 Å². The fourth-order valence-electron chi connectivity index (χ4n) is 3.83. The largest absolute Gasteiger partial charge is 0.460 e. The minimum Gasteiger partial charge on any atom is -0.372 e. The van der Waals surface area contributed by atoms with E-state index in [4.69, 9.17) is 0 Å². The summed E-state index contributed by atoms with van der Waals surface area (Å²) >= 11 is 0.589. The number of azo groups is 2. The molecule has 0 amide bonds. The first-order valence-electron chi connectivity index (χ1n) is 12.5. The number of thiazole rings is 1. The number of halogens is 9. The summed E-state index contributed by atoms with van der Waals surface area (Å²) in [6.07, 6.45) is -6.90. The molecule has 4 aromatic rings. The van der Waals surface area contributed by atoms with E-state index in [-0.39, 0.29) is 15.3 Å². The second-order valence-electron chi connectivity index (χ2n) is 9.00. The van der Waals surface area contributed by atoms with Gasteiger partial charge < -0.3 is 4.90 Å². The zero-order valence-electron chi connectivity index (χ0n) is 22.3. The van der Waals surface area contributed by atoms with Crippen LogP contribution in [0, 0.1) is 0 Å². The number of alkyl halides is 9. The van der Waals surface area contributed by atoms with E-state index in [2.05, 4.69) is 44.2 Å². The molecule has 0 saturated heterocycles. The molecule has 0 N–H and O–H groups in total. The molecule has 4 rings (SSSR count). The molecule has 3 aromatic carbocycles. The van der Waals surface area contributed by atoms with Crippen LogP contribution in [0.2, 0.25) is 0 Å². The van der Waals surface area contributed by atoms with Crippen LogP contribution in [0.15, 0.2) is 87.2 Å². The lowest BCUT2D eigenvalue weighted by Gasteiger charge is -2.33. The summed E-state index contributed by atoms with van der Waals surface area (Å²) in [6.45, 7) is 5.87. The maximum Gasteiger partial charge on any atom is 0.460 e. The maximum absolute atomic E-state index is 14.3. The minimum absolute atomic E-state index is 0.0368. The van der Waals surface area contributed by atoms with Gasteiger partial charge in [-0.2, -0.15) is 49.7 Å². The Morgan fingerprint density at radius 2 is 1.14 bits per heavy atom. The number of hydrogen-bond donors (Lipinski definition) is 0. The van der Waals surface area contributed by atoms with E-state index in [1.165, 1.54) is 0 Å². The van der Waals surface area contributed by atoms with Crippen molar-refractivity contribution in [1.82, 2.24) is 4.98 Å². The lowest BCUT2D eigenvalue weighted by atomic mass is 9.97. The molecule has 0 bridgehead atoms. The predicted molar refractivity (Wildman–Crippen MR) is 144 cm³/mol. The van der Waals surface area contributed by atoms with Gasteiger partial charge in [0, 0.05) is 24.3 Å². The first-order valence-corrected chi connectivity index (χ1v) is 13.3. The van der Waals surface area contributed by atoms with Gasteiger partial charge in [-0.05, 0) is 74.5 Å². The number of nitrogens with zero attached hydrogens (tertiary/aromatic N) is 6. The molecule has 1 heterocycles. The first kappa shape index (κ1) is 31.8. The van der Waals surface area contributed by atoms with Gasteiger partial charge in [-0.3, -0.25) is 0 Å². The lowest BCUT2D eigenvalue weighted by molar-refractivity contribution is -0.399. The summed E-state index contributed by atoms with van der Waals surface area (Å²) in [5.41, 5.74) is 0.776. The van der Waals surface area contributed by atoms with Crippen molar-refractivity contribution >= 4 is 49.4 Å². The number of rotatable bonds is 10. The van der Waals surface area contributed by atoms with Crippen molar-refractivity contribution in [3.05, 3.63) is 72.3 Å². The van der Waals surface area contributed by atoms with Gasteiger partial charge in [0.25, 0.3) is 0 Å². The second-order valence-corrected chi connectivity index (χ2v) is 10.0. The normalized spacial score (nSPS) is 13.5. The molecular weight excluding hydrogens is 611 g/mol. The zero-order chi connectivity index (χ0) is 31.6. The van der Waals surface area contributed by atoms with Gasteiger partial charge >= 0.3 is 23.9 Å². The van der Waals surface area contributed by atoms with Gasteiger partial charge in [0.05, 0.1) is 27.3 Å². The van der Waals surface area contributed by atoms with Crippen molar-refractivity contribution in [2.45, 2.75) is 37.8 Å². The van der Waals surface area contributed by atoms with Crippen LogP contribution in [0.25, 0.3) is 10.2 Å². The molecule has 0 fully saturated rings. The third-order valence-electron chi connectivity index (χ3n) is 6.24. The number of hydrogen-bond acceptors (Lipinski definition) is 7. The smallest absolute Gasteiger partial charge is 0.372 e. The number of benzene rings is 3. The second kappa shape index (κ2) is 11.9. The van der Waals surface area contributed by atoms with Gasteiger partial charge in [0.15, 0.2) is 0 Å². The molecule has 0 saturated carbocycles. The summed E-state index contributed by atoms with van der Waals surface area (Å²) in [7, 11) is 0. The number of aromatic nitrogens is 1. The van der Waals surface area contributed by atoms with Crippen LogP contribution in [0.5, 0.6) is 0 Å². The highest BCUT2D eigenvalue weighted by Crippen LogP contribution is 2.56. The van der Waals surface area contributed by atoms with E-state index in [9.17, 15) is 39.5 Å². The first-order chi connectivity index (χ1) is 20.1. The SMILES string of the molecule is CCN(CC)c1ccc(N=Nc2ccc(N=Nc3nc4ccc(C(F)(F)C(F)(F)C(F)(F)C(F)(F)F)cc4s3)cc2)cc1. The van der Waals surface area contributed by atoms with Crippen LogP contribution in [-0.2, 0) is 5.92 Å². The summed E-state index contributed by atoms with van der Waals surface area (Å²) in [4.78, 5) is 6.16. The summed E-state index contributed by atoms with van der Waals surface area (Å²) < 4.78 is 120. The molecule has 0 aliphatic rings. The van der Waals surface area contributed by atoms with Gasteiger partial charge in [-0.15, -0.1) is 10.2 Å². The van der Waals surface area contributed by atoms with Gasteiger partial charge in [-0.1, -0.05) is 17.4 Å². The van der Waals surface area contributed by atoms with E-state index >= 15 is 0 Å². The van der Waals surface area contributed by atoms with Crippen molar-refractivity contribution < 1.29 is 39.5 Å². The summed E-state index contributed by atoms with van der Waals surface area (Å²) in [6, 6.07) is 15.3. The Labute approximate surface area is 242 Å². The third kappa shape index (κ3) is 6.33. The Hall–Kier alpha value is -4.08. The fourth-order valence-corrected chi connectivity index (χ4v) is 4.65. The van der Waals surface area contributed by atoms with E-state index in [1.807, 2.05) is 24.3 Å². The van der Waals surface area contributed by atoms with Crippen molar-refractivity contribution in [3.63, 3.8) is 0 Å². The molecule has 6 nitrogen and oxygen atoms in total. The monoisotopic (exact) mass is 632 g/mol. The van der Waals surface area contributed by atoms with Crippen LogP contribution in [0.1, 0.15) is 19.4 Å². The van der Waals surface area contributed by atoms with E-state index < -0.39 is 29.5 Å². The molecule has 0 unspecified atom stereocenters. The van der Waals surface area contributed by atoms with E-state index in [0.29, 0.717) is 40.5 Å². The molecule has 228 valence electrons. The quantitative estimate of drug-likeness (QED) is 0.129. The van der Waals surface area contributed by atoms with Gasteiger partial charge in [0.1, 0.15) is 0 Å². The van der Waals surface area contributed by atoms with Gasteiger partial charge in [0.2, 0.25) is 5.13 Å². The highest BCUT2D eigenvalue weighted by molar-refractivity contribution is 7.21. The Bertz CT molecular complexity index is 1610. The molecule has 0 atom stereocenters. The Morgan fingerprint density at radius 1 is 0.651 bits per heavy atom. The van der Waals surface area contributed by atoms with E-state index in [0.717, 1.165) is 24.8 Å². The topological polar surface area (TPSA) is 65.6 Å². The molecule has 16 heteroatoms. The molecule has 43 heavy (non-hydrogen) atoms. The Balaban J connectivity index is 1.47. The molecule has 0 radical (unpaired) electrons. The summed E-state index contributed by atoms with van der Waals surface area (Å²) in [5.74, 6) is -19.6. The maximum atomic E-state index is 14.3. The van der Waals surface area contributed by atoms with Crippen LogP contribution >= 0.6 is 11.3 Å². The Kier molecular flexibility index (Phi) is 8.81. The van der Waals surface area contributed by atoms with Crippen molar-refractivity contribution in [2.24, 2.45) is 20.5 Å². The standard InChI is InChI=1S/C27H21F9N6S/c1-3-42(4-2)20-12-10-19(11-13-20)39-38-17-6-8-18(9-7-17)40-41-23-37-21-14-5-16(15-22(21)43-23)24(28,29)25(30,31)26(32,33)27(34,35)36/h5-15H,3-4H2,1-2H3. The van der Waals surface area contributed by atoms with Crippen LogP contribution < -0.4 is 4.90 Å². The average Bonchev–Trinajstić information content (AvgIpc) is 3.38. The van der Waals surface area contributed by atoms with Crippen molar-refractivity contribution in [1.29, 1.82) is 0 Å². The fraction of sp³-hybridized carbons (Fsp3) is 0.296. The molecule has 0 aliphatic heterocycles. The number of anilines is 1. The van der Waals surface area contributed by atoms with Crippen molar-refractivity contribution in [2.75, 3.05) is 18.0 Å². The van der Waals surface area contributed by atoms with Crippen LogP contribution in [0.3, 0.4) is 0 Å². The summed E-state index contributed by atoms with van der Waals surface area (Å²) in [5, 5.41) is 16.0. The minimum atomic E-state index is -6.99. The predicted octanol–water partition coefficient (Wildman–Crippen LogP) is 10.9. The highest BCUT2D eigenvalue weighted by Gasteiger charge is 2.82. The number of fused-ring (bicyclic) bond motifs is 1. The van der Waals surface area contributed by atoms with E-state index in [1.54, 1.807) is 24.3 Å². The third-order valence-corrected chi connectivity index (χ3v) is 7.15. The molecular formula is C27H21F9N6S. The molecule has 0 aliphatic carbocycles. The van der Waals surface area contributed by atoms with Crippen LogP contribution in [-0.4, -0.2) is 36.1 Å². The highest BCUT2D eigenvalue weighted by atomic mass is 32.1. The molecule has 0 spiro atoms. The zero-order valence-corrected chi connectivity index (χ0v) is 23.1.